The average Bonchev–Trinajstić information content (AvgIpc) is 3.60. The monoisotopic (exact) mass is 633 g/mol. The van der Waals surface area contributed by atoms with Gasteiger partial charge in [0.2, 0.25) is 0 Å². The van der Waals surface area contributed by atoms with Gasteiger partial charge in [0, 0.05) is 21.5 Å². The highest BCUT2D eigenvalue weighted by Crippen LogP contribution is 2.46. The molecule has 0 saturated carbocycles. The van der Waals surface area contributed by atoms with Crippen LogP contribution >= 0.6 is 0 Å². The van der Waals surface area contributed by atoms with E-state index >= 15 is 13.2 Å². The Hall–Kier alpha value is -5.80. The molecule has 2 heterocycles. The summed E-state index contributed by atoms with van der Waals surface area (Å²) in [6, 6.07) is 35.7. The zero-order valence-electron chi connectivity index (χ0n) is 26.9. The molecule has 0 bridgehead atoms. The summed E-state index contributed by atoms with van der Waals surface area (Å²) < 4.78 is 50.0. The van der Waals surface area contributed by atoms with Crippen LogP contribution in [-0.2, 0) is 6.18 Å². The number of benzene rings is 6. The van der Waals surface area contributed by atoms with Crippen molar-refractivity contribution in [3.05, 3.63) is 143 Å². The fourth-order valence-corrected chi connectivity index (χ4v) is 7.60. The third-order valence-corrected chi connectivity index (χ3v) is 9.67. The summed E-state index contributed by atoms with van der Waals surface area (Å²) in [6.45, 7) is 8.24. The molecule has 0 aliphatic heterocycles. The van der Waals surface area contributed by atoms with Crippen LogP contribution in [0.15, 0.2) is 109 Å². The minimum atomic E-state index is -4.68. The van der Waals surface area contributed by atoms with Crippen LogP contribution in [0.3, 0.4) is 0 Å². The third-order valence-electron chi connectivity index (χ3n) is 9.67. The molecule has 3 nitrogen and oxygen atoms in total. The van der Waals surface area contributed by atoms with Crippen LogP contribution in [0, 0.1) is 39.0 Å². The lowest BCUT2D eigenvalue weighted by Crippen LogP contribution is -2.12. The lowest BCUT2D eigenvalue weighted by atomic mass is 9.95. The Morgan fingerprint density at radius 3 is 1.31 bits per heavy atom. The fraction of sp³-hybridized carbons (Fsp3) is 0.119. The number of alkyl halides is 3. The van der Waals surface area contributed by atoms with Crippen molar-refractivity contribution < 1.29 is 13.2 Å². The molecule has 48 heavy (non-hydrogen) atoms. The van der Waals surface area contributed by atoms with Gasteiger partial charge in [0.15, 0.2) is 0 Å². The number of nitrogens with zero attached hydrogens (tertiary/aromatic N) is 3. The second kappa shape index (κ2) is 10.6. The van der Waals surface area contributed by atoms with E-state index in [1.807, 2.05) is 79.1 Å². The first kappa shape index (κ1) is 29.6. The topological polar surface area (TPSA) is 33.6 Å². The van der Waals surface area contributed by atoms with Gasteiger partial charge in [-0.05, 0) is 110 Å². The van der Waals surface area contributed by atoms with Crippen LogP contribution < -0.4 is 0 Å². The number of aromatic nitrogens is 2. The Bertz CT molecular complexity index is 2540. The van der Waals surface area contributed by atoms with Crippen molar-refractivity contribution in [2.75, 3.05) is 0 Å². The predicted molar refractivity (Wildman–Crippen MR) is 189 cm³/mol. The summed E-state index contributed by atoms with van der Waals surface area (Å²) in [6.07, 6.45) is -4.68. The second-order valence-electron chi connectivity index (χ2n) is 12.6. The number of fused-ring (bicyclic) bond motifs is 6. The maximum Gasteiger partial charge on any atom is 0.417 e. The Kier molecular flexibility index (Phi) is 6.54. The zero-order chi connectivity index (χ0) is 33.5. The summed E-state index contributed by atoms with van der Waals surface area (Å²) >= 11 is 0. The lowest BCUT2D eigenvalue weighted by molar-refractivity contribution is -0.137. The van der Waals surface area contributed by atoms with E-state index < -0.39 is 11.7 Å². The largest absolute Gasteiger partial charge is 0.417 e. The Balaban J connectivity index is 1.64. The average molecular weight is 634 g/mol. The van der Waals surface area contributed by atoms with Crippen molar-refractivity contribution in [3.8, 4) is 28.6 Å². The SMILES string of the molecule is Cc1cccc2c1c1c(C)cccc1n2-c1cc(-c2cccc(C#N)c2)c(C(F)(F)F)cc1-n1c2cccc(C)c2c2c(C)cccc21. The van der Waals surface area contributed by atoms with E-state index in [1.165, 1.54) is 12.1 Å². The summed E-state index contributed by atoms with van der Waals surface area (Å²) in [5.74, 6) is 0. The highest BCUT2D eigenvalue weighted by Gasteiger charge is 2.36. The van der Waals surface area contributed by atoms with Gasteiger partial charge in [-0.1, -0.05) is 60.7 Å². The van der Waals surface area contributed by atoms with Gasteiger partial charge in [-0.3, -0.25) is 0 Å². The number of hydrogen-bond acceptors (Lipinski definition) is 1. The molecule has 0 aliphatic carbocycles. The predicted octanol–water partition coefficient (Wildman–Crippen LogP) is 11.7. The highest BCUT2D eigenvalue weighted by atomic mass is 19.4. The fourth-order valence-electron chi connectivity index (χ4n) is 7.60. The van der Waals surface area contributed by atoms with Crippen molar-refractivity contribution in [2.45, 2.75) is 33.9 Å². The first-order chi connectivity index (χ1) is 23.1. The number of hydrogen-bond donors (Lipinski definition) is 0. The molecule has 0 spiro atoms. The van der Waals surface area contributed by atoms with Crippen molar-refractivity contribution in [1.82, 2.24) is 9.13 Å². The van der Waals surface area contributed by atoms with Crippen LogP contribution in [0.25, 0.3) is 66.1 Å². The minimum absolute atomic E-state index is 0.0155. The molecule has 0 aliphatic rings. The molecule has 6 aromatic carbocycles. The molecule has 8 rings (SSSR count). The van der Waals surface area contributed by atoms with Crippen LogP contribution in [0.5, 0.6) is 0 Å². The van der Waals surface area contributed by atoms with Gasteiger partial charge in [0.1, 0.15) is 0 Å². The molecule has 0 fully saturated rings. The minimum Gasteiger partial charge on any atom is -0.307 e. The molecular formula is C42H30F3N3. The van der Waals surface area contributed by atoms with Gasteiger partial charge in [-0.15, -0.1) is 0 Å². The number of halogens is 3. The van der Waals surface area contributed by atoms with Crippen molar-refractivity contribution >= 4 is 43.6 Å². The third kappa shape index (κ3) is 4.28. The van der Waals surface area contributed by atoms with Gasteiger partial charge in [0.25, 0.3) is 0 Å². The van der Waals surface area contributed by atoms with Crippen molar-refractivity contribution in [3.63, 3.8) is 0 Å². The van der Waals surface area contributed by atoms with E-state index in [-0.39, 0.29) is 5.56 Å². The first-order valence-corrected chi connectivity index (χ1v) is 15.8. The maximum absolute atomic E-state index is 15.3. The smallest absolute Gasteiger partial charge is 0.307 e. The van der Waals surface area contributed by atoms with Gasteiger partial charge >= 0.3 is 6.18 Å². The van der Waals surface area contributed by atoms with E-state index in [1.54, 1.807) is 24.3 Å². The van der Waals surface area contributed by atoms with Gasteiger partial charge in [-0.2, -0.15) is 18.4 Å². The maximum atomic E-state index is 15.3. The molecular weight excluding hydrogens is 603 g/mol. The second-order valence-corrected chi connectivity index (χ2v) is 12.6. The van der Waals surface area contributed by atoms with Crippen LogP contribution in [-0.4, -0.2) is 9.13 Å². The van der Waals surface area contributed by atoms with E-state index in [4.69, 9.17) is 0 Å². The van der Waals surface area contributed by atoms with Crippen LogP contribution in [0.2, 0.25) is 0 Å². The van der Waals surface area contributed by atoms with E-state index in [2.05, 4.69) is 36.6 Å². The molecule has 0 amide bonds. The van der Waals surface area contributed by atoms with Gasteiger partial charge in [-0.25, -0.2) is 0 Å². The summed E-state index contributed by atoms with van der Waals surface area (Å²) in [5.41, 5.74) is 8.66. The van der Waals surface area contributed by atoms with Crippen molar-refractivity contribution in [1.29, 1.82) is 5.26 Å². The molecule has 234 valence electrons. The van der Waals surface area contributed by atoms with E-state index in [0.717, 1.165) is 65.9 Å². The molecule has 2 aromatic heterocycles. The molecule has 0 N–H and O–H groups in total. The molecule has 8 aromatic rings. The van der Waals surface area contributed by atoms with Gasteiger partial charge < -0.3 is 9.13 Å². The lowest BCUT2D eigenvalue weighted by Gasteiger charge is -2.22. The Labute approximate surface area is 275 Å². The molecule has 0 saturated heterocycles. The quantitative estimate of drug-likeness (QED) is 0.191. The molecule has 0 atom stereocenters. The highest BCUT2D eigenvalue weighted by molar-refractivity contribution is 6.14. The van der Waals surface area contributed by atoms with Crippen LogP contribution in [0.1, 0.15) is 33.4 Å². The molecule has 6 heteroatoms. The number of aryl methyl sites for hydroxylation is 4. The van der Waals surface area contributed by atoms with Crippen LogP contribution in [0.4, 0.5) is 13.2 Å². The van der Waals surface area contributed by atoms with Crippen molar-refractivity contribution in [2.24, 2.45) is 0 Å². The first-order valence-electron chi connectivity index (χ1n) is 15.8. The summed E-state index contributed by atoms with van der Waals surface area (Å²) in [5, 5.41) is 13.8. The van der Waals surface area contributed by atoms with E-state index in [9.17, 15) is 5.26 Å². The van der Waals surface area contributed by atoms with Gasteiger partial charge in [0.05, 0.1) is 50.6 Å². The number of rotatable bonds is 3. The van der Waals surface area contributed by atoms with E-state index in [0.29, 0.717) is 22.5 Å². The molecule has 0 unspecified atom stereocenters. The standard InChI is InChI=1S/C42H30F3N3/c1-24-10-5-16-32-38(24)39-25(2)11-6-17-33(39)47(32)36-21-30(29-15-9-14-28(20-29)23-46)31(42(43,44)45)22-37(36)48-34-18-7-12-26(3)40(34)41-27(4)13-8-19-35(41)48/h5-22H,1-4H3. The zero-order valence-corrected chi connectivity index (χ0v) is 26.9. The Morgan fingerprint density at radius 2 is 0.917 bits per heavy atom. The normalized spacial score (nSPS) is 12.0. The summed E-state index contributed by atoms with van der Waals surface area (Å²) in [4.78, 5) is 0. The number of nitriles is 1. The Morgan fingerprint density at radius 1 is 0.521 bits per heavy atom. The molecule has 0 radical (unpaired) electrons. The summed E-state index contributed by atoms with van der Waals surface area (Å²) in [7, 11) is 0.